The summed E-state index contributed by atoms with van der Waals surface area (Å²) in [6.45, 7) is 2.79. The third-order valence-electron chi connectivity index (χ3n) is 3.12. The summed E-state index contributed by atoms with van der Waals surface area (Å²) in [5.74, 6) is 0. The first-order valence-electron chi connectivity index (χ1n) is 6.18. The number of aryl methyl sites for hydroxylation is 2. The van der Waals surface area contributed by atoms with Gasteiger partial charge in [-0.1, -0.05) is 31.2 Å². The molecule has 0 unspecified atom stereocenters. The number of aromatic nitrogens is 2. The molecule has 0 aliphatic heterocycles. The fourth-order valence-electron chi connectivity index (χ4n) is 2.02. The molecule has 96 valence electrons. The SMILES string of the molecule is CCc1ccc(-c2nn(C)c(CCN)c2Br)cc1. The summed E-state index contributed by atoms with van der Waals surface area (Å²) in [5.41, 5.74) is 10.2. The summed E-state index contributed by atoms with van der Waals surface area (Å²) in [6.07, 6.45) is 1.89. The number of nitrogens with two attached hydrogens (primary N) is 1. The standard InChI is InChI=1S/C14H18BrN3/c1-3-10-4-6-11(7-5-10)14-13(15)12(8-9-16)18(2)17-14/h4-7H,3,8-9,16H2,1-2H3. The van der Waals surface area contributed by atoms with Crippen LogP contribution < -0.4 is 5.73 Å². The van der Waals surface area contributed by atoms with Gasteiger partial charge in [0.25, 0.3) is 0 Å². The zero-order valence-corrected chi connectivity index (χ0v) is 12.4. The average Bonchev–Trinajstić information content (AvgIpc) is 2.67. The molecule has 0 aliphatic carbocycles. The van der Waals surface area contributed by atoms with Gasteiger partial charge in [-0.15, -0.1) is 0 Å². The van der Waals surface area contributed by atoms with E-state index in [0.29, 0.717) is 6.54 Å². The van der Waals surface area contributed by atoms with Crippen molar-refractivity contribution in [2.24, 2.45) is 12.8 Å². The largest absolute Gasteiger partial charge is 0.330 e. The van der Waals surface area contributed by atoms with Crippen LogP contribution in [0.5, 0.6) is 0 Å². The van der Waals surface area contributed by atoms with E-state index in [1.54, 1.807) is 0 Å². The molecule has 0 saturated heterocycles. The Labute approximate surface area is 116 Å². The summed E-state index contributed by atoms with van der Waals surface area (Å²) in [6, 6.07) is 8.55. The first kappa shape index (κ1) is 13.3. The molecule has 4 heteroatoms. The van der Waals surface area contributed by atoms with Gasteiger partial charge >= 0.3 is 0 Å². The first-order chi connectivity index (χ1) is 8.67. The topological polar surface area (TPSA) is 43.8 Å². The molecule has 0 saturated carbocycles. The highest BCUT2D eigenvalue weighted by Gasteiger charge is 2.14. The number of hydrogen-bond donors (Lipinski definition) is 1. The Bertz CT molecular complexity index is 529. The van der Waals surface area contributed by atoms with Crippen LogP contribution in [0.1, 0.15) is 18.2 Å². The molecular formula is C14H18BrN3. The van der Waals surface area contributed by atoms with Crippen molar-refractivity contribution >= 4 is 15.9 Å². The summed E-state index contributed by atoms with van der Waals surface area (Å²) < 4.78 is 2.96. The lowest BCUT2D eigenvalue weighted by molar-refractivity contribution is 0.707. The molecule has 2 aromatic rings. The Balaban J connectivity index is 2.40. The Morgan fingerprint density at radius 3 is 2.50 bits per heavy atom. The Morgan fingerprint density at radius 1 is 1.28 bits per heavy atom. The van der Waals surface area contributed by atoms with Gasteiger partial charge in [0.1, 0.15) is 5.69 Å². The lowest BCUT2D eigenvalue weighted by atomic mass is 10.1. The summed E-state index contributed by atoms with van der Waals surface area (Å²) in [4.78, 5) is 0. The molecule has 1 aromatic carbocycles. The van der Waals surface area contributed by atoms with Crippen LogP contribution in [-0.2, 0) is 19.9 Å². The average molecular weight is 308 g/mol. The van der Waals surface area contributed by atoms with Crippen LogP contribution in [0.15, 0.2) is 28.7 Å². The smallest absolute Gasteiger partial charge is 0.107 e. The van der Waals surface area contributed by atoms with Crippen LogP contribution in [0, 0.1) is 0 Å². The van der Waals surface area contributed by atoms with Crippen LogP contribution in [0.3, 0.4) is 0 Å². The second kappa shape index (κ2) is 5.67. The van der Waals surface area contributed by atoms with Crippen LogP contribution >= 0.6 is 15.9 Å². The highest BCUT2D eigenvalue weighted by atomic mass is 79.9. The summed E-state index contributed by atoms with van der Waals surface area (Å²) in [7, 11) is 1.96. The maximum atomic E-state index is 5.62. The molecule has 2 rings (SSSR count). The molecular weight excluding hydrogens is 290 g/mol. The summed E-state index contributed by atoms with van der Waals surface area (Å²) >= 11 is 3.64. The number of halogens is 1. The second-order valence-electron chi connectivity index (χ2n) is 4.32. The molecule has 18 heavy (non-hydrogen) atoms. The van der Waals surface area contributed by atoms with Crippen molar-refractivity contribution in [2.45, 2.75) is 19.8 Å². The highest BCUT2D eigenvalue weighted by molar-refractivity contribution is 9.10. The number of rotatable bonds is 4. The number of hydrogen-bond acceptors (Lipinski definition) is 2. The predicted octanol–water partition coefficient (Wildman–Crippen LogP) is 2.91. The van der Waals surface area contributed by atoms with E-state index < -0.39 is 0 Å². The maximum Gasteiger partial charge on any atom is 0.107 e. The lowest BCUT2D eigenvalue weighted by Gasteiger charge is -2.00. The molecule has 0 aliphatic rings. The molecule has 1 aromatic heterocycles. The Hall–Kier alpha value is -1.13. The van der Waals surface area contributed by atoms with Crippen LogP contribution in [0.4, 0.5) is 0 Å². The minimum Gasteiger partial charge on any atom is -0.330 e. The van der Waals surface area contributed by atoms with Gasteiger partial charge in [-0.3, -0.25) is 4.68 Å². The van der Waals surface area contributed by atoms with Crippen LogP contribution in [0.2, 0.25) is 0 Å². The highest BCUT2D eigenvalue weighted by Crippen LogP contribution is 2.30. The van der Waals surface area contributed by atoms with E-state index in [0.717, 1.165) is 34.3 Å². The third kappa shape index (κ3) is 2.49. The molecule has 0 spiro atoms. The first-order valence-corrected chi connectivity index (χ1v) is 6.97. The van der Waals surface area contributed by atoms with Gasteiger partial charge in [0, 0.05) is 19.0 Å². The van der Waals surface area contributed by atoms with Crippen molar-refractivity contribution in [2.75, 3.05) is 6.54 Å². The Kier molecular flexibility index (Phi) is 4.19. The quantitative estimate of drug-likeness (QED) is 0.944. The van der Waals surface area contributed by atoms with Crippen molar-refractivity contribution in [1.82, 2.24) is 9.78 Å². The lowest BCUT2D eigenvalue weighted by Crippen LogP contribution is -2.07. The normalized spacial score (nSPS) is 10.9. The van der Waals surface area contributed by atoms with Crippen LogP contribution in [0.25, 0.3) is 11.3 Å². The van der Waals surface area contributed by atoms with Crippen molar-refractivity contribution < 1.29 is 0 Å². The van der Waals surface area contributed by atoms with E-state index in [2.05, 4.69) is 52.2 Å². The zero-order chi connectivity index (χ0) is 13.1. The zero-order valence-electron chi connectivity index (χ0n) is 10.8. The van der Waals surface area contributed by atoms with Gasteiger partial charge in [0.15, 0.2) is 0 Å². The molecule has 0 amide bonds. The van der Waals surface area contributed by atoms with Gasteiger partial charge in [0.2, 0.25) is 0 Å². The minimum atomic E-state index is 0.631. The molecule has 0 radical (unpaired) electrons. The van der Waals surface area contributed by atoms with Gasteiger partial charge in [-0.25, -0.2) is 0 Å². The van der Waals surface area contributed by atoms with Gasteiger partial charge in [-0.05, 0) is 34.5 Å². The third-order valence-corrected chi connectivity index (χ3v) is 3.95. The molecule has 0 bridgehead atoms. The summed E-state index contributed by atoms with van der Waals surface area (Å²) in [5, 5.41) is 4.57. The van der Waals surface area contributed by atoms with E-state index in [9.17, 15) is 0 Å². The predicted molar refractivity (Wildman–Crippen MR) is 78.5 cm³/mol. The molecule has 1 heterocycles. The monoisotopic (exact) mass is 307 g/mol. The van der Waals surface area contributed by atoms with E-state index >= 15 is 0 Å². The van der Waals surface area contributed by atoms with Crippen LogP contribution in [-0.4, -0.2) is 16.3 Å². The number of nitrogens with zero attached hydrogens (tertiary/aromatic N) is 2. The minimum absolute atomic E-state index is 0.631. The maximum absolute atomic E-state index is 5.62. The van der Waals surface area contributed by atoms with E-state index in [1.807, 2.05) is 11.7 Å². The second-order valence-corrected chi connectivity index (χ2v) is 5.12. The fraction of sp³-hybridized carbons (Fsp3) is 0.357. The molecule has 0 fully saturated rings. The van der Waals surface area contributed by atoms with Gasteiger partial charge in [-0.2, -0.15) is 5.10 Å². The molecule has 3 nitrogen and oxygen atoms in total. The van der Waals surface area contributed by atoms with E-state index in [1.165, 1.54) is 5.56 Å². The van der Waals surface area contributed by atoms with Crippen molar-refractivity contribution in [3.8, 4) is 11.3 Å². The van der Waals surface area contributed by atoms with Gasteiger partial charge < -0.3 is 5.73 Å². The van der Waals surface area contributed by atoms with Crippen molar-refractivity contribution in [3.63, 3.8) is 0 Å². The fourth-order valence-corrected chi connectivity index (χ4v) is 2.79. The van der Waals surface area contributed by atoms with E-state index in [4.69, 9.17) is 5.73 Å². The van der Waals surface area contributed by atoms with E-state index in [-0.39, 0.29) is 0 Å². The Morgan fingerprint density at radius 2 is 1.94 bits per heavy atom. The molecule has 2 N–H and O–H groups in total. The van der Waals surface area contributed by atoms with Gasteiger partial charge in [0.05, 0.1) is 10.2 Å². The number of benzene rings is 1. The van der Waals surface area contributed by atoms with Crippen molar-refractivity contribution in [3.05, 3.63) is 40.0 Å². The van der Waals surface area contributed by atoms with Crippen molar-refractivity contribution in [1.29, 1.82) is 0 Å². The molecule has 0 atom stereocenters.